The number of rotatable bonds is 5. The zero-order chi connectivity index (χ0) is 20.5. The Kier molecular flexibility index (Phi) is 4.44. The van der Waals surface area contributed by atoms with E-state index in [0.717, 1.165) is 40.0 Å². The molecule has 0 unspecified atom stereocenters. The first-order chi connectivity index (χ1) is 14.8. The molecule has 30 heavy (non-hydrogen) atoms. The average Bonchev–Trinajstić information content (AvgIpc) is 3.44. The molecule has 0 spiro atoms. The van der Waals surface area contributed by atoms with Crippen molar-refractivity contribution in [3.8, 4) is 28.8 Å². The summed E-state index contributed by atoms with van der Waals surface area (Å²) in [7, 11) is 1.61. The van der Waals surface area contributed by atoms with Gasteiger partial charge >= 0.3 is 0 Å². The Hall–Kier alpha value is -4.07. The van der Waals surface area contributed by atoms with Gasteiger partial charge in [0.15, 0.2) is 0 Å². The second kappa shape index (κ2) is 7.40. The van der Waals surface area contributed by atoms with Crippen molar-refractivity contribution in [3.63, 3.8) is 0 Å². The van der Waals surface area contributed by atoms with Gasteiger partial charge in [-0.25, -0.2) is 19.6 Å². The maximum Gasteiger partial charge on any atom is 0.251 e. The van der Waals surface area contributed by atoms with Crippen molar-refractivity contribution in [1.82, 2.24) is 34.5 Å². The van der Waals surface area contributed by atoms with Crippen LogP contribution in [0.5, 0.6) is 5.88 Å². The van der Waals surface area contributed by atoms with Crippen LogP contribution in [0.15, 0.2) is 67.3 Å². The maximum atomic E-state index is 5.29. The number of aryl methyl sites for hydroxylation is 1. The van der Waals surface area contributed by atoms with E-state index in [2.05, 4.69) is 45.2 Å². The lowest BCUT2D eigenvalue weighted by Crippen LogP contribution is -2.03. The highest BCUT2D eigenvalue weighted by Gasteiger charge is 2.15. The first-order valence-corrected chi connectivity index (χ1v) is 9.62. The van der Waals surface area contributed by atoms with Gasteiger partial charge in [-0.3, -0.25) is 0 Å². The van der Waals surface area contributed by atoms with E-state index >= 15 is 0 Å². The van der Waals surface area contributed by atoms with Gasteiger partial charge in [0, 0.05) is 35.6 Å². The largest absolute Gasteiger partial charge is 0.481 e. The van der Waals surface area contributed by atoms with Gasteiger partial charge in [-0.05, 0) is 30.7 Å². The number of hydrogen-bond donors (Lipinski definition) is 0. The van der Waals surface area contributed by atoms with Crippen molar-refractivity contribution in [2.24, 2.45) is 0 Å². The van der Waals surface area contributed by atoms with Crippen LogP contribution in [-0.4, -0.2) is 41.6 Å². The van der Waals surface area contributed by atoms with E-state index in [9.17, 15) is 0 Å². The van der Waals surface area contributed by atoms with E-state index in [0.29, 0.717) is 11.8 Å². The molecule has 0 fully saturated rings. The molecule has 0 aliphatic heterocycles. The second-order valence-corrected chi connectivity index (χ2v) is 6.68. The van der Waals surface area contributed by atoms with Crippen molar-refractivity contribution in [3.05, 3.63) is 72.9 Å². The number of pyridine rings is 1. The third-order valence-electron chi connectivity index (χ3n) is 4.94. The van der Waals surface area contributed by atoms with E-state index in [-0.39, 0.29) is 0 Å². The summed E-state index contributed by atoms with van der Waals surface area (Å²) in [5, 5.41) is 10.4. The van der Waals surface area contributed by atoms with Gasteiger partial charge in [0.25, 0.3) is 5.95 Å². The molecule has 0 aliphatic rings. The number of aromatic nitrogens is 7. The average molecular weight is 397 g/mol. The first-order valence-electron chi connectivity index (χ1n) is 9.62. The molecule has 0 saturated heterocycles. The zero-order valence-corrected chi connectivity index (χ0v) is 16.6. The third kappa shape index (κ3) is 2.98. The first kappa shape index (κ1) is 18.0. The van der Waals surface area contributed by atoms with Gasteiger partial charge < -0.3 is 4.74 Å². The summed E-state index contributed by atoms with van der Waals surface area (Å²) in [5.74, 6) is 1.07. The number of methoxy groups -OCH3 is 1. The van der Waals surface area contributed by atoms with Crippen LogP contribution in [0.2, 0.25) is 0 Å². The van der Waals surface area contributed by atoms with Crippen molar-refractivity contribution < 1.29 is 4.74 Å². The summed E-state index contributed by atoms with van der Waals surface area (Å²) in [6, 6.07) is 13.8. The van der Waals surface area contributed by atoms with Crippen LogP contribution >= 0.6 is 0 Å². The minimum absolute atomic E-state index is 0.527. The highest BCUT2D eigenvalue weighted by atomic mass is 16.5. The van der Waals surface area contributed by atoms with Crippen LogP contribution in [0.4, 0.5) is 0 Å². The number of fused-ring (bicyclic) bond motifs is 1. The number of hydrogen-bond acceptors (Lipinski definition) is 6. The molecular formula is C22H19N7O. The Morgan fingerprint density at radius 1 is 0.900 bits per heavy atom. The molecule has 0 saturated carbocycles. The SMILES string of the molecule is CCc1nn(-c2ccnc(OC)c2)c2cc(-c3ccnn3-c3ncccn3)ccc12. The highest BCUT2D eigenvalue weighted by molar-refractivity contribution is 5.87. The normalized spacial score (nSPS) is 11.1. The van der Waals surface area contributed by atoms with Crippen molar-refractivity contribution in [2.75, 3.05) is 7.11 Å². The number of nitrogens with zero attached hydrogens (tertiary/aromatic N) is 7. The molecule has 0 aliphatic carbocycles. The molecule has 8 nitrogen and oxygen atoms in total. The highest BCUT2D eigenvalue weighted by Crippen LogP contribution is 2.29. The molecule has 4 aromatic heterocycles. The lowest BCUT2D eigenvalue weighted by atomic mass is 10.1. The second-order valence-electron chi connectivity index (χ2n) is 6.68. The third-order valence-corrected chi connectivity index (χ3v) is 4.94. The molecule has 148 valence electrons. The number of benzene rings is 1. The molecule has 0 bridgehead atoms. The number of ether oxygens (including phenoxy) is 1. The summed E-state index contributed by atoms with van der Waals surface area (Å²) >= 11 is 0. The molecule has 0 atom stereocenters. The Bertz CT molecular complexity index is 1320. The standard InChI is InChI=1S/C22H19N7O/c1-3-18-17-6-5-15(19-8-12-26-29(19)22-24-9-4-10-25-22)13-20(17)28(27-18)16-7-11-23-21(14-16)30-2/h4-14H,3H2,1-2H3. The quantitative estimate of drug-likeness (QED) is 0.450. The summed E-state index contributed by atoms with van der Waals surface area (Å²) in [5.41, 5.74) is 4.83. The van der Waals surface area contributed by atoms with E-state index in [1.807, 2.05) is 22.9 Å². The van der Waals surface area contributed by atoms with Crippen LogP contribution in [0.3, 0.4) is 0 Å². The van der Waals surface area contributed by atoms with Crippen molar-refractivity contribution >= 4 is 10.9 Å². The lowest BCUT2D eigenvalue weighted by molar-refractivity contribution is 0.397. The van der Waals surface area contributed by atoms with Gasteiger partial charge in [-0.1, -0.05) is 19.1 Å². The smallest absolute Gasteiger partial charge is 0.251 e. The molecule has 4 heterocycles. The molecular weight excluding hydrogens is 378 g/mol. The van der Waals surface area contributed by atoms with Gasteiger partial charge in [0.05, 0.1) is 35.9 Å². The van der Waals surface area contributed by atoms with Crippen LogP contribution in [0.1, 0.15) is 12.6 Å². The van der Waals surface area contributed by atoms with Gasteiger partial charge in [-0.15, -0.1) is 0 Å². The monoisotopic (exact) mass is 397 g/mol. The van der Waals surface area contributed by atoms with E-state index in [1.165, 1.54) is 0 Å². The van der Waals surface area contributed by atoms with Crippen LogP contribution in [0, 0.1) is 0 Å². The van der Waals surface area contributed by atoms with Gasteiger partial charge in [-0.2, -0.15) is 14.9 Å². The summed E-state index contributed by atoms with van der Waals surface area (Å²) in [4.78, 5) is 12.8. The topological polar surface area (TPSA) is 83.5 Å². The zero-order valence-electron chi connectivity index (χ0n) is 16.6. The van der Waals surface area contributed by atoms with E-state index in [4.69, 9.17) is 9.84 Å². The minimum Gasteiger partial charge on any atom is -0.481 e. The summed E-state index contributed by atoms with van der Waals surface area (Å²) < 4.78 is 8.96. The summed E-state index contributed by atoms with van der Waals surface area (Å²) in [6.45, 7) is 2.11. The fourth-order valence-corrected chi connectivity index (χ4v) is 3.52. The molecule has 5 rings (SSSR count). The van der Waals surface area contributed by atoms with Crippen LogP contribution in [-0.2, 0) is 6.42 Å². The molecule has 1 aromatic carbocycles. The fourth-order valence-electron chi connectivity index (χ4n) is 3.52. The maximum absolute atomic E-state index is 5.29. The van der Waals surface area contributed by atoms with E-state index in [1.54, 1.807) is 42.6 Å². The Morgan fingerprint density at radius 2 is 1.77 bits per heavy atom. The minimum atomic E-state index is 0.527. The van der Waals surface area contributed by atoms with Gasteiger partial charge in [0.1, 0.15) is 0 Å². The predicted octanol–water partition coefficient (Wildman–Crippen LogP) is 3.63. The van der Waals surface area contributed by atoms with Crippen LogP contribution in [0.25, 0.3) is 33.8 Å². The molecule has 0 amide bonds. The molecule has 5 aromatic rings. The molecule has 0 N–H and O–H groups in total. The Balaban J connectivity index is 1.69. The predicted molar refractivity (Wildman–Crippen MR) is 113 cm³/mol. The molecule has 0 radical (unpaired) electrons. The molecule has 8 heteroatoms. The van der Waals surface area contributed by atoms with Crippen molar-refractivity contribution in [1.29, 1.82) is 0 Å². The van der Waals surface area contributed by atoms with E-state index < -0.39 is 0 Å². The van der Waals surface area contributed by atoms with Gasteiger partial charge in [0.2, 0.25) is 5.88 Å². The summed E-state index contributed by atoms with van der Waals surface area (Å²) in [6.07, 6.45) is 7.71. The van der Waals surface area contributed by atoms with Crippen molar-refractivity contribution in [2.45, 2.75) is 13.3 Å². The lowest BCUT2D eigenvalue weighted by Gasteiger charge is -2.08. The fraction of sp³-hybridized carbons (Fsp3) is 0.136. The van der Waals surface area contributed by atoms with Crippen LogP contribution < -0.4 is 4.74 Å². The Labute approximate surface area is 172 Å². The Morgan fingerprint density at radius 3 is 2.57 bits per heavy atom.